The van der Waals surface area contributed by atoms with Gasteiger partial charge in [-0.15, -0.1) is 0 Å². The minimum Gasteiger partial charge on any atom is -0.371 e. The van der Waals surface area contributed by atoms with Gasteiger partial charge < -0.3 is 10.2 Å². The summed E-state index contributed by atoms with van der Waals surface area (Å²) in [5, 5.41) is 3.69. The van der Waals surface area contributed by atoms with Crippen LogP contribution in [0.1, 0.15) is 38.2 Å². The van der Waals surface area contributed by atoms with Gasteiger partial charge in [0.2, 0.25) is 0 Å². The molecule has 0 saturated heterocycles. The summed E-state index contributed by atoms with van der Waals surface area (Å²) in [7, 11) is 0. The van der Waals surface area contributed by atoms with Crippen LogP contribution in [-0.2, 0) is 0 Å². The molecule has 1 aliphatic carbocycles. The maximum absolute atomic E-state index is 3.69. The van der Waals surface area contributed by atoms with Gasteiger partial charge in [0.25, 0.3) is 0 Å². The van der Waals surface area contributed by atoms with Crippen LogP contribution in [0.5, 0.6) is 0 Å². The molecule has 1 aliphatic rings. The van der Waals surface area contributed by atoms with Crippen molar-refractivity contribution in [2.45, 2.75) is 45.6 Å². The molecule has 100 valence electrons. The summed E-state index contributed by atoms with van der Waals surface area (Å²) in [4.78, 5) is 2.45. The van der Waals surface area contributed by atoms with Gasteiger partial charge in [-0.2, -0.15) is 0 Å². The maximum atomic E-state index is 3.69. The Balaban J connectivity index is 1.79. The zero-order valence-electron chi connectivity index (χ0n) is 11.8. The summed E-state index contributed by atoms with van der Waals surface area (Å²) >= 11 is 0. The smallest absolute Gasteiger partial charge is 0.0366 e. The molecule has 0 radical (unpaired) electrons. The highest BCUT2D eigenvalue weighted by Gasteiger charge is 2.14. The van der Waals surface area contributed by atoms with E-state index < -0.39 is 0 Å². The quantitative estimate of drug-likeness (QED) is 0.828. The van der Waals surface area contributed by atoms with E-state index in [9.17, 15) is 0 Å². The van der Waals surface area contributed by atoms with E-state index in [1.165, 1.54) is 36.9 Å². The molecule has 1 aromatic carbocycles. The summed E-state index contributed by atoms with van der Waals surface area (Å²) < 4.78 is 0. The summed E-state index contributed by atoms with van der Waals surface area (Å²) in [6.07, 6.45) is 5.56. The zero-order valence-corrected chi connectivity index (χ0v) is 11.8. The molecule has 18 heavy (non-hydrogen) atoms. The molecule has 1 aromatic rings. The van der Waals surface area contributed by atoms with Gasteiger partial charge in [-0.3, -0.25) is 0 Å². The number of anilines is 1. The second-order valence-corrected chi connectivity index (χ2v) is 5.35. The van der Waals surface area contributed by atoms with E-state index in [2.05, 4.69) is 48.3 Å². The number of rotatable bonds is 6. The highest BCUT2D eigenvalue weighted by molar-refractivity contribution is 5.47. The van der Waals surface area contributed by atoms with Gasteiger partial charge in [-0.25, -0.2) is 0 Å². The predicted octanol–water partition coefficient (Wildman–Crippen LogP) is 3.35. The number of likely N-dealkylation sites (N-methyl/N-ethyl adjacent to an activating group) is 1. The lowest BCUT2D eigenvalue weighted by Crippen LogP contribution is -2.36. The molecule has 0 heterocycles. The van der Waals surface area contributed by atoms with Gasteiger partial charge in [-0.05, 0) is 38.8 Å². The molecule has 2 nitrogen and oxygen atoms in total. The van der Waals surface area contributed by atoms with E-state index in [-0.39, 0.29) is 0 Å². The van der Waals surface area contributed by atoms with Crippen molar-refractivity contribution >= 4 is 5.69 Å². The summed E-state index contributed by atoms with van der Waals surface area (Å²) in [6, 6.07) is 9.63. The van der Waals surface area contributed by atoms with Crippen LogP contribution >= 0.6 is 0 Å². The Morgan fingerprint density at radius 3 is 2.44 bits per heavy atom. The number of hydrogen-bond acceptors (Lipinski definition) is 2. The van der Waals surface area contributed by atoms with Gasteiger partial charge >= 0.3 is 0 Å². The Hall–Kier alpha value is -1.02. The minimum absolute atomic E-state index is 0.779. The van der Waals surface area contributed by atoms with Crippen LogP contribution in [0.4, 0.5) is 5.69 Å². The molecule has 1 saturated carbocycles. The van der Waals surface area contributed by atoms with Crippen molar-refractivity contribution in [2.24, 2.45) is 0 Å². The lowest BCUT2D eigenvalue weighted by atomic mass is 10.2. The van der Waals surface area contributed by atoms with Crippen molar-refractivity contribution in [1.29, 1.82) is 0 Å². The van der Waals surface area contributed by atoms with Crippen molar-refractivity contribution in [1.82, 2.24) is 5.32 Å². The average molecular weight is 246 g/mol. The van der Waals surface area contributed by atoms with Gasteiger partial charge in [-0.1, -0.05) is 30.5 Å². The molecule has 0 spiro atoms. The largest absolute Gasteiger partial charge is 0.371 e. The molecule has 0 aliphatic heterocycles. The SMILES string of the molecule is CCN(CCNC1CCCC1)c1ccc(C)cc1. The fourth-order valence-electron chi connectivity index (χ4n) is 2.76. The first-order valence-corrected chi connectivity index (χ1v) is 7.34. The molecule has 2 rings (SSSR count). The number of nitrogens with zero attached hydrogens (tertiary/aromatic N) is 1. The molecule has 1 fully saturated rings. The van der Waals surface area contributed by atoms with Crippen LogP contribution in [0.2, 0.25) is 0 Å². The second-order valence-electron chi connectivity index (χ2n) is 5.35. The van der Waals surface area contributed by atoms with Crippen LogP contribution in [0.15, 0.2) is 24.3 Å². The Morgan fingerprint density at radius 2 is 1.83 bits per heavy atom. The first-order chi connectivity index (χ1) is 8.79. The predicted molar refractivity (Wildman–Crippen MR) is 79.3 cm³/mol. The molecule has 0 aromatic heterocycles. The van der Waals surface area contributed by atoms with Gasteiger partial charge in [0, 0.05) is 31.4 Å². The van der Waals surface area contributed by atoms with E-state index in [0.29, 0.717) is 0 Å². The van der Waals surface area contributed by atoms with Crippen molar-refractivity contribution in [3.63, 3.8) is 0 Å². The van der Waals surface area contributed by atoms with E-state index in [1.807, 2.05) is 0 Å². The Morgan fingerprint density at radius 1 is 1.17 bits per heavy atom. The van der Waals surface area contributed by atoms with E-state index in [0.717, 1.165) is 25.7 Å². The Labute approximate surface area is 111 Å². The van der Waals surface area contributed by atoms with Crippen LogP contribution in [0.3, 0.4) is 0 Å². The number of benzene rings is 1. The topological polar surface area (TPSA) is 15.3 Å². The third-order valence-electron chi connectivity index (χ3n) is 3.95. The Kier molecular flexibility index (Phi) is 5.06. The number of nitrogens with one attached hydrogen (secondary N) is 1. The second kappa shape index (κ2) is 6.79. The maximum Gasteiger partial charge on any atom is 0.0366 e. The fourth-order valence-corrected chi connectivity index (χ4v) is 2.76. The van der Waals surface area contributed by atoms with Crippen LogP contribution in [0.25, 0.3) is 0 Å². The van der Waals surface area contributed by atoms with Crippen molar-refractivity contribution in [3.05, 3.63) is 29.8 Å². The summed E-state index contributed by atoms with van der Waals surface area (Å²) in [6.45, 7) is 7.66. The molecule has 1 N–H and O–H groups in total. The van der Waals surface area contributed by atoms with Crippen molar-refractivity contribution < 1.29 is 0 Å². The molecule has 0 amide bonds. The highest BCUT2D eigenvalue weighted by atomic mass is 15.1. The fraction of sp³-hybridized carbons (Fsp3) is 0.625. The molecule has 0 unspecified atom stereocenters. The van der Waals surface area contributed by atoms with E-state index >= 15 is 0 Å². The van der Waals surface area contributed by atoms with E-state index in [1.54, 1.807) is 0 Å². The van der Waals surface area contributed by atoms with Gasteiger partial charge in [0.15, 0.2) is 0 Å². The lowest BCUT2D eigenvalue weighted by molar-refractivity contribution is 0.525. The van der Waals surface area contributed by atoms with Crippen LogP contribution in [-0.4, -0.2) is 25.7 Å². The molecule has 0 atom stereocenters. The first-order valence-electron chi connectivity index (χ1n) is 7.34. The third kappa shape index (κ3) is 3.74. The summed E-state index contributed by atoms with van der Waals surface area (Å²) in [5.74, 6) is 0. The van der Waals surface area contributed by atoms with Crippen molar-refractivity contribution in [3.8, 4) is 0 Å². The van der Waals surface area contributed by atoms with Crippen LogP contribution in [0, 0.1) is 6.92 Å². The number of aryl methyl sites for hydroxylation is 1. The van der Waals surface area contributed by atoms with Crippen LogP contribution < -0.4 is 10.2 Å². The summed E-state index contributed by atoms with van der Waals surface area (Å²) in [5.41, 5.74) is 2.68. The third-order valence-corrected chi connectivity index (χ3v) is 3.95. The average Bonchev–Trinajstić information content (AvgIpc) is 2.89. The number of hydrogen-bond donors (Lipinski definition) is 1. The monoisotopic (exact) mass is 246 g/mol. The standard InChI is InChI=1S/C16H26N2/c1-3-18(16-10-8-14(2)9-11-16)13-12-17-15-6-4-5-7-15/h8-11,15,17H,3-7,12-13H2,1-2H3. The van der Waals surface area contributed by atoms with Gasteiger partial charge in [0.1, 0.15) is 0 Å². The highest BCUT2D eigenvalue weighted by Crippen LogP contribution is 2.18. The molecule has 2 heteroatoms. The van der Waals surface area contributed by atoms with E-state index in [4.69, 9.17) is 0 Å². The first kappa shape index (κ1) is 13.4. The minimum atomic E-state index is 0.779. The molecular formula is C16H26N2. The zero-order chi connectivity index (χ0) is 12.8. The van der Waals surface area contributed by atoms with Crippen molar-refractivity contribution in [2.75, 3.05) is 24.5 Å². The lowest BCUT2D eigenvalue weighted by Gasteiger charge is -2.24. The van der Waals surface area contributed by atoms with Gasteiger partial charge in [0.05, 0.1) is 0 Å². The molecule has 0 bridgehead atoms. The normalized spacial score (nSPS) is 16.1. The Bertz CT molecular complexity index is 339. The molecular weight excluding hydrogens is 220 g/mol.